The Kier molecular flexibility index (Phi) is 3.12. The van der Waals surface area contributed by atoms with Crippen LogP contribution in [0.2, 0.25) is 0 Å². The Bertz CT molecular complexity index is 426. The fraction of sp³-hybridized carbons (Fsp3) is 0.938. The molecule has 3 nitrogen and oxygen atoms in total. The smallest absolute Gasteiger partial charge is 0.309 e. The molecule has 0 aromatic carbocycles. The number of ether oxygens (including phenoxy) is 2. The molecule has 0 bridgehead atoms. The predicted octanol–water partition coefficient (Wildman–Crippen LogP) is 3.16. The average Bonchev–Trinajstić information content (AvgIpc) is 3.30. The van der Waals surface area contributed by atoms with E-state index in [1.807, 2.05) is 0 Å². The van der Waals surface area contributed by atoms with E-state index in [-0.39, 0.29) is 18.0 Å². The summed E-state index contributed by atoms with van der Waals surface area (Å²) in [5.41, 5.74) is 0. The summed E-state index contributed by atoms with van der Waals surface area (Å²) < 4.78 is 11.8. The highest BCUT2D eigenvalue weighted by Crippen LogP contribution is 2.62. The Morgan fingerprint density at radius 1 is 1.30 bits per heavy atom. The highest BCUT2D eigenvalue weighted by Gasteiger charge is 2.55. The van der Waals surface area contributed by atoms with Gasteiger partial charge in [0.25, 0.3) is 0 Å². The van der Waals surface area contributed by atoms with E-state index < -0.39 is 0 Å². The molecule has 7 unspecified atom stereocenters. The van der Waals surface area contributed by atoms with Crippen LogP contribution in [0.15, 0.2) is 0 Å². The Morgan fingerprint density at radius 3 is 2.90 bits per heavy atom. The van der Waals surface area contributed by atoms with Crippen LogP contribution in [0.1, 0.15) is 52.4 Å². The minimum atomic E-state index is 0.0610. The fourth-order valence-corrected chi connectivity index (χ4v) is 5.46. The number of esters is 1. The van der Waals surface area contributed by atoms with Crippen LogP contribution in [0.3, 0.4) is 0 Å². The van der Waals surface area contributed by atoms with E-state index in [1.54, 1.807) is 0 Å². The summed E-state index contributed by atoms with van der Waals surface area (Å²) in [6, 6.07) is 0. The molecule has 2 heterocycles. The lowest BCUT2D eigenvalue weighted by Crippen LogP contribution is -2.33. The summed E-state index contributed by atoms with van der Waals surface area (Å²) in [6.45, 7) is 4.41. The minimum absolute atomic E-state index is 0.0610. The van der Waals surface area contributed by atoms with Crippen LogP contribution in [0, 0.1) is 11.8 Å². The summed E-state index contributed by atoms with van der Waals surface area (Å²) in [7, 11) is 0. The second kappa shape index (κ2) is 4.64. The number of fused-ring (bicyclic) bond motifs is 2. The fourth-order valence-electron chi connectivity index (χ4n) is 4.10. The van der Waals surface area contributed by atoms with Crippen molar-refractivity contribution in [3.05, 3.63) is 0 Å². The Hall–Kier alpha value is -0.220. The van der Waals surface area contributed by atoms with Crippen molar-refractivity contribution in [3.63, 3.8) is 0 Å². The first kappa shape index (κ1) is 13.4. The molecule has 2 saturated carbocycles. The Morgan fingerprint density at radius 2 is 2.15 bits per heavy atom. The SMILES string of the molecule is CC(OC(=O)C1CCC2(C)SC2C1)C1CCC2OC2C1. The van der Waals surface area contributed by atoms with Gasteiger partial charge in [-0.05, 0) is 58.3 Å². The normalized spacial score (nSPS) is 50.6. The lowest BCUT2D eigenvalue weighted by atomic mass is 9.83. The number of carbonyl (C=O) groups excluding carboxylic acids is 1. The first-order valence-corrected chi connectivity index (χ1v) is 8.97. The van der Waals surface area contributed by atoms with Crippen molar-refractivity contribution in [3.8, 4) is 0 Å². The van der Waals surface area contributed by atoms with Gasteiger partial charge < -0.3 is 9.47 Å². The Balaban J connectivity index is 1.28. The van der Waals surface area contributed by atoms with Crippen LogP contribution in [0.5, 0.6) is 0 Å². The summed E-state index contributed by atoms with van der Waals surface area (Å²) in [5, 5.41) is 0.708. The maximum atomic E-state index is 12.3. The summed E-state index contributed by atoms with van der Waals surface area (Å²) >= 11 is 2.05. The largest absolute Gasteiger partial charge is 0.462 e. The van der Waals surface area contributed by atoms with E-state index in [1.165, 1.54) is 6.42 Å². The van der Waals surface area contributed by atoms with Crippen LogP contribution < -0.4 is 0 Å². The molecule has 7 atom stereocenters. The molecule has 112 valence electrons. The second-order valence-corrected chi connectivity index (χ2v) is 9.06. The maximum absolute atomic E-state index is 12.3. The highest BCUT2D eigenvalue weighted by molar-refractivity contribution is 8.08. The summed E-state index contributed by atoms with van der Waals surface area (Å²) in [5.74, 6) is 0.719. The first-order chi connectivity index (χ1) is 9.55. The highest BCUT2D eigenvalue weighted by atomic mass is 32.2. The van der Waals surface area contributed by atoms with Gasteiger partial charge in [-0.15, -0.1) is 11.8 Å². The van der Waals surface area contributed by atoms with Crippen LogP contribution >= 0.6 is 11.8 Å². The van der Waals surface area contributed by atoms with Crippen LogP contribution in [-0.4, -0.2) is 34.3 Å². The van der Waals surface area contributed by atoms with Crippen molar-refractivity contribution in [2.24, 2.45) is 11.8 Å². The Labute approximate surface area is 125 Å². The van der Waals surface area contributed by atoms with E-state index in [0.717, 1.165) is 32.1 Å². The summed E-state index contributed by atoms with van der Waals surface area (Å²) in [4.78, 5) is 12.3. The zero-order valence-electron chi connectivity index (χ0n) is 12.3. The van der Waals surface area contributed by atoms with E-state index >= 15 is 0 Å². The maximum Gasteiger partial charge on any atom is 0.309 e. The second-order valence-electron chi connectivity index (χ2n) is 7.32. The summed E-state index contributed by atoms with van der Waals surface area (Å²) in [6.07, 6.45) is 7.67. The molecule has 0 aromatic heterocycles. The van der Waals surface area contributed by atoms with Crippen molar-refractivity contribution in [1.82, 2.24) is 0 Å². The molecule has 2 aliphatic heterocycles. The number of rotatable bonds is 3. The number of hydrogen-bond acceptors (Lipinski definition) is 4. The number of thioether (sulfide) groups is 1. The molecule has 4 fully saturated rings. The number of carbonyl (C=O) groups is 1. The lowest BCUT2D eigenvalue weighted by Gasteiger charge is -2.28. The van der Waals surface area contributed by atoms with Crippen LogP contribution in [-0.2, 0) is 14.3 Å². The molecular weight excluding hydrogens is 272 g/mol. The van der Waals surface area contributed by atoms with Gasteiger partial charge in [-0.2, -0.15) is 0 Å². The lowest BCUT2D eigenvalue weighted by molar-refractivity contribution is -0.157. The molecular formula is C16H24O3S. The zero-order chi connectivity index (χ0) is 13.9. The quantitative estimate of drug-likeness (QED) is 0.592. The van der Waals surface area contributed by atoms with E-state index in [2.05, 4.69) is 25.6 Å². The van der Waals surface area contributed by atoms with Crippen molar-refractivity contribution < 1.29 is 14.3 Å². The van der Waals surface area contributed by atoms with Gasteiger partial charge in [0.2, 0.25) is 0 Å². The molecule has 4 heteroatoms. The van der Waals surface area contributed by atoms with Crippen molar-refractivity contribution in [1.29, 1.82) is 0 Å². The topological polar surface area (TPSA) is 38.8 Å². The molecule has 4 aliphatic rings. The van der Waals surface area contributed by atoms with E-state index in [0.29, 0.717) is 28.1 Å². The van der Waals surface area contributed by atoms with Gasteiger partial charge in [-0.1, -0.05) is 0 Å². The third kappa shape index (κ3) is 2.39. The number of hydrogen-bond donors (Lipinski definition) is 0. The molecule has 0 amide bonds. The molecule has 0 aromatic rings. The third-order valence-corrected chi connectivity index (χ3v) is 7.64. The monoisotopic (exact) mass is 296 g/mol. The van der Waals surface area contributed by atoms with Crippen molar-refractivity contribution in [2.75, 3.05) is 0 Å². The van der Waals surface area contributed by atoms with Gasteiger partial charge in [-0.3, -0.25) is 4.79 Å². The molecule has 20 heavy (non-hydrogen) atoms. The molecule has 0 spiro atoms. The molecule has 4 rings (SSSR count). The minimum Gasteiger partial charge on any atom is -0.462 e. The number of epoxide rings is 1. The van der Waals surface area contributed by atoms with Gasteiger partial charge in [0.15, 0.2) is 0 Å². The van der Waals surface area contributed by atoms with Crippen LogP contribution in [0.4, 0.5) is 0 Å². The van der Waals surface area contributed by atoms with Crippen LogP contribution in [0.25, 0.3) is 0 Å². The standard InChI is InChI=1S/C16H24O3S/c1-9(10-3-4-12-13(7-10)19-12)18-15(17)11-5-6-16(2)14(8-11)20-16/h9-14H,3-8H2,1-2H3. The molecule has 2 aliphatic carbocycles. The molecule has 2 saturated heterocycles. The van der Waals surface area contributed by atoms with Gasteiger partial charge >= 0.3 is 5.97 Å². The van der Waals surface area contributed by atoms with Gasteiger partial charge in [-0.25, -0.2) is 0 Å². The van der Waals surface area contributed by atoms with Crippen molar-refractivity contribution >= 4 is 17.7 Å². The zero-order valence-corrected chi connectivity index (χ0v) is 13.2. The van der Waals surface area contributed by atoms with Gasteiger partial charge in [0, 0.05) is 10.00 Å². The molecule has 0 radical (unpaired) electrons. The van der Waals surface area contributed by atoms with Gasteiger partial charge in [0.1, 0.15) is 6.10 Å². The van der Waals surface area contributed by atoms with Gasteiger partial charge in [0.05, 0.1) is 18.1 Å². The molecule has 0 N–H and O–H groups in total. The van der Waals surface area contributed by atoms with Crippen molar-refractivity contribution in [2.45, 2.75) is 80.7 Å². The first-order valence-electron chi connectivity index (χ1n) is 8.09. The average molecular weight is 296 g/mol. The predicted molar refractivity (Wildman–Crippen MR) is 78.7 cm³/mol. The van der Waals surface area contributed by atoms with E-state index in [4.69, 9.17) is 9.47 Å². The van der Waals surface area contributed by atoms with E-state index in [9.17, 15) is 4.79 Å². The third-order valence-electron chi connectivity index (χ3n) is 5.87.